The fraction of sp³-hybridized carbons (Fsp3) is 0.500. The van der Waals surface area contributed by atoms with Crippen LogP contribution in [-0.2, 0) is 17.4 Å². The summed E-state index contributed by atoms with van der Waals surface area (Å²) < 4.78 is 16.3. The Bertz CT molecular complexity index is 468. The van der Waals surface area contributed by atoms with E-state index in [2.05, 4.69) is 39.4 Å². The lowest BCUT2D eigenvalue weighted by Crippen LogP contribution is -2.39. The summed E-state index contributed by atoms with van der Waals surface area (Å²) in [6, 6.07) is 8.43. The van der Waals surface area contributed by atoms with E-state index < -0.39 is 11.0 Å². The lowest BCUT2D eigenvalue weighted by atomic mass is 10.0. The maximum atomic E-state index is 12.2. The Morgan fingerprint density at radius 2 is 2.05 bits per heavy atom. The van der Waals surface area contributed by atoms with Gasteiger partial charge < -0.3 is 0 Å². The van der Waals surface area contributed by atoms with Gasteiger partial charge in [-0.2, -0.15) is 0 Å². The third-order valence-corrected chi connectivity index (χ3v) is 5.43. The maximum Gasteiger partial charge on any atom is 0.0972 e. The van der Waals surface area contributed by atoms with Crippen molar-refractivity contribution in [1.29, 1.82) is 0 Å². The highest BCUT2D eigenvalue weighted by Crippen LogP contribution is 2.19. The maximum absolute atomic E-state index is 12.2. The van der Waals surface area contributed by atoms with Crippen molar-refractivity contribution in [2.75, 3.05) is 0 Å². The second kappa shape index (κ2) is 8.11. The molecule has 0 aliphatic heterocycles. The smallest absolute Gasteiger partial charge is 0.0972 e. The van der Waals surface area contributed by atoms with Crippen molar-refractivity contribution < 1.29 is 4.21 Å². The molecule has 1 aromatic rings. The van der Waals surface area contributed by atoms with Crippen LogP contribution in [0, 0.1) is 0 Å². The number of aryl methyl sites for hydroxylation is 1. The first-order valence-corrected chi connectivity index (χ1v) is 8.81. The average molecular weight is 358 g/mol. The summed E-state index contributed by atoms with van der Waals surface area (Å²) >= 11 is 3.57. The highest BCUT2D eigenvalue weighted by Gasteiger charge is 2.22. The Hall–Kier alpha value is -0.450. The fourth-order valence-electron chi connectivity index (χ4n) is 1.79. The minimum absolute atomic E-state index is 0.194. The number of rotatable bonds is 7. The fourth-order valence-corrected chi connectivity index (χ4v) is 3.14. The molecule has 1 rings (SSSR count). The van der Waals surface area contributed by atoms with Crippen LogP contribution in [0.1, 0.15) is 39.2 Å². The van der Waals surface area contributed by atoms with Crippen LogP contribution in [0.15, 0.2) is 41.4 Å². The van der Waals surface area contributed by atoms with E-state index in [1.165, 1.54) is 5.56 Å². The molecule has 0 fully saturated rings. The van der Waals surface area contributed by atoms with Crippen LogP contribution < -0.4 is 4.72 Å². The molecule has 1 aromatic carbocycles. The Labute approximate surface area is 133 Å². The summed E-state index contributed by atoms with van der Waals surface area (Å²) in [4.78, 5) is 0. The van der Waals surface area contributed by atoms with Crippen molar-refractivity contribution in [3.8, 4) is 0 Å². The van der Waals surface area contributed by atoms with Crippen LogP contribution in [0.25, 0.3) is 0 Å². The van der Waals surface area contributed by atoms with Gasteiger partial charge in [0, 0.05) is 10.5 Å². The molecule has 0 aromatic heterocycles. The Morgan fingerprint density at radius 1 is 1.40 bits per heavy atom. The summed E-state index contributed by atoms with van der Waals surface area (Å²) in [6.45, 7) is 9.74. The summed E-state index contributed by atoms with van der Waals surface area (Å²) in [7, 11) is -1.04. The Balaban J connectivity index is 2.62. The Morgan fingerprint density at radius 3 is 2.60 bits per heavy atom. The standard InChI is InChI=1S/C16H24BrNOS/c1-5-8-14(18-20(19)16(2,3)4)12-11-13-9-6-7-10-15(13)17/h5-7,9-10,14,18H,1,8,11-12H2,2-4H3/t14-,20+/m1/s1. The summed E-state index contributed by atoms with van der Waals surface area (Å²) in [6.07, 6.45) is 4.61. The minimum Gasteiger partial charge on any atom is -0.242 e. The summed E-state index contributed by atoms with van der Waals surface area (Å²) in [5.74, 6) is 0. The van der Waals surface area contributed by atoms with Gasteiger partial charge in [0.05, 0.1) is 15.7 Å². The van der Waals surface area contributed by atoms with Gasteiger partial charge in [0.25, 0.3) is 0 Å². The van der Waals surface area contributed by atoms with Gasteiger partial charge in [0.2, 0.25) is 0 Å². The highest BCUT2D eigenvalue weighted by molar-refractivity contribution is 9.10. The Kier molecular flexibility index (Phi) is 7.13. The van der Waals surface area contributed by atoms with Crippen LogP contribution >= 0.6 is 15.9 Å². The molecule has 2 nitrogen and oxygen atoms in total. The predicted molar refractivity (Wildman–Crippen MR) is 92.1 cm³/mol. The first-order chi connectivity index (χ1) is 9.34. The number of benzene rings is 1. The van der Waals surface area contributed by atoms with E-state index in [1.807, 2.05) is 39.0 Å². The van der Waals surface area contributed by atoms with Gasteiger partial charge in [-0.25, -0.2) is 8.93 Å². The highest BCUT2D eigenvalue weighted by atomic mass is 79.9. The molecule has 0 heterocycles. The SMILES string of the molecule is C=CC[C@H](CCc1ccccc1Br)N[S@@](=O)C(C)(C)C. The van der Waals surface area contributed by atoms with Gasteiger partial charge in [-0.15, -0.1) is 6.58 Å². The quantitative estimate of drug-likeness (QED) is 0.720. The van der Waals surface area contributed by atoms with Gasteiger partial charge in [-0.05, 0) is 51.7 Å². The molecule has 0 aliphatic carbocycles. The number of hydrogen-bond acceptors (Lipinski definition) is 1. The van der Waals surface area contributed by atoms with Gasteiger partial charge in [-0.3, -0.25) is 0 Å². The number of hydrogen-bond donors (Lipinski definition) is 1. The first kappa shape index (κ1) is 17.6. The van der Waals surface area contributed by atoms with Gasteiger partial charge in [0.1, 0.15) is 0 Å². The first-order valence-electron chi connectivity index (χ1n) is 6.87. The molecular weight excluding hydrogens is 334 g/mol. The van der Waals surface area contributed by atoms with E-state index in [1.54, 1.807) is 0 Å². The van der Waals surface area contributed by atoms with Crippen LogP contribution in [0.5, 0.6) is 0 Å². The molecular formula is C16H24BrNOS. The van der Waals surface area contributed by atoms with Crippen molar-refractivity contribution in [2.24, 2.45) is 0 Å². The van der Waals surface area contributed by atoms with Crippen molar-refractivity contribution in [3.05, 3.63) is 47.0 Å². The molecule has 0 saturated carbocycles. The van der Waals surface area contributed by atoms with Crippen LogP contribution in [-0.4, -0.2) is 15.0 Å². The zero-order valence-electron chi connectivity index (χ0n) is 12.5. The van der Waals surface area contributed by atoms with Gasteiger partial charge >= 0.3 is 0 Å². The zero-order chi connectivity index (χ0) is 15.2. The van der Waals surface area contributed by atoms with Gasteiger partial charge in [0.15, 0.2) is 0 Å². The van der Waals surface area contributed by atoms with E-state index in [4.69, 9.17) is 0 Å². The molecule has 0 radical (unpaired) electrons. The lowest BCUT2D eigenvalue weighted by molar-refractivity contribution is 0.554. The zero-order valence-corrected chi connectivity index (χ0v) is 14.9. The van der Waals surface area contributed by atoms with E-state index in [-0.39, 0.29) is 10.8 Å². The van der Waals surface area contributed by atoms with E-state index in [0.717, 1.165) is 23.7 Å². The summed E-state index contributed by atoms with van der Waals surface area (Å²) in [5, 5.41) is 0. The molecule has 112 valence electrons. The molecule has 1 N–H and O–H groups in total. The van der Waals surface area contributed by atoms with Crippen molar-refractivity contribution in [2.45, 2.75) is 50.8 Å². The number of halogens is 1. The van der Waals surface area contributed by atoms with Gasteiger partial charge in [-0.1, -0.05) is 40.2 Å². The third kappa shape index (κ3) is 5.90. The van der Waals surface area contributed by atoms with Crippen LogP contribution in [0.2, 0.25) is 0 Å². The van der Waals surface area contributed by atoms with Crippen LogP contribution in [0.4, 0.5) is 0 Å². The van der Waals surface area contributed by atoms with E-state index in [0.29, 0.717) is 0 Å². The second-order valence-corrected chi connectivity index (χ2v) is 8.70. The number of nitrogens with one attached hydrogen (secondary N) is 1. The molecule has 0 amide bonds. The van der Waals surface area contributed by atoms with Crippen molar-refractivity contribution in [3.63, 3.8) is 0 Å². The molecule has 20 heavy (non-hydrogen) atoms. The van der Waals surface area contributed by atoms with Crippen molar-refractivity contribution in [1.82, 2.24) is 4.72 Å². The molecule has 0 saturated heterocycles. The molecule has 0 bridgehead atoms. The average Bonchev–Trinajstić information content (AvgIpc) is 2.36. The van der Waals surface area contributed by atoms with Crippen LogP contribution in [0.3, 0.4) is 0 Å². The second-order valence-electron chi connectivity index (χ2n) is 5.85. The topological polar surface area (TPSA) is 29.1 Å². The normalized spacial score (nSPS) is 14.8. The molecule has 0 unspecified atom stereocenters. The van der Waals surface area contributed by atoms with Crippen molar-refractivity contribution >= 4 is 26.9 Å². The summed E-state index contributed by atoms with van der Waals surface area (Å²) in [5.41, 5.74) is 1.28. The monoisotopic (exact) mass is 357 g/mol. The minimum atomic E-state index is -1.04. The molecule has 0 aliphatic rings. The molecule has 4 heteroatoms. The molecule has 0 spiro atoms. The third-order valence-electron chi connectivity index (χ3n) is 3.00. The largest absolute Gasteiger partial charge is 0.242 e. The predicted octanol–water partition coefficient (Wildman–Crippen LogP) is 4.38. The van der Waals surface area contributed by atoms with E-state index in [9.17, 15) is 4.21 Å². The lowest BCUT2D eigenvalue weighted by Gasteiger charge is -2.23. The van der Waals surface area contributed by atoms with E-state index >= 15 is 0 Å². The molecule has 2 atom stereocenters.